The number of nitrogens with zero attached hydrogens (tertiary/aromatic N) is 3. The smallest absolute Gasteiger partial charge is 0.329 e. The van der Waals surface area contributed by atoms with Crippen molar-refractivity contribution in [1.82, 2.24) is 14.6 Å². The Morgan fingerprint density at radius 3 is 2.45 bits per heavy atom. The third-order valence-corrected chi connectivity index (χ3v) is 5.44. The second kappa shape index (κ2) is 7.56. The fourth-order valence-electron chi connectivity index (χ4n) is 3.06. The van der Waals surface area contributed by atoms with Crippen LogP contribution in [0.25, 0.3) is 5.69 Å². The highest BCUT2D eigenvalue weighted by molar-refractivity contribution is 7.99. The fraction of sp³-hybridized carbons (Fsp3) is 0.143. The van der Waals surface area contributed by atoms with Crippen LogP contribution in [0.1, 0.15) is 31.8 Å². The highest BCUT2D eigenvalue weighted by atomic mass is 32.2. The predicted molar refractivity (Wildman–Crippen MR) is 107 cm³/mol. The average molecular weight is 407 g/mol. The normalized spacial score (nSPS) is 13.0. The Bertz CT molecular complexity index is 1100. The summed E-state index contributed by atoms with van der Waals surface area (Å²) in [5, 5.41) is 1.13. The molecule has 0 spiro atoms. The summed E-state index contributed by atoms with van der Waals surface area (Å²) in [6, 6.07) is 12.4. The van der Waals surface area contributed by atoms with Gasteiger partial charge in [-0.25, -0.2) is 9.78 Å². The number of imidazole rings is 1. The van der Waals surface area contributed by atoms with Crippen LogP contribution >= 0.6 is 11.8 Å². The van der Waals surface area contributed by atoms with Crippen molar-refractivity contribution >= 4 is 29.5 Å². The van der Waals surface area contributed by atoms with E-state index in [1.165, 1.54) is 23.9 Å². The van der Waals surface area contributed by atoms with Gasteiger partial charge in [-0.05, 0) is 43.2 Å². The summed E-state index contributed by atoms with van der Waals surface area (Å²) in [5.41, 5.74) is 3.61. The Hall–Kier alpha value is -3.39. The molecule has 2 amide bonds. The van der Waals surface area contributed by atoms with Crippen molar-refractivity contribution in [3.05, 3.63) is 77.1 Å². The van der Waals surface area contributed by atoms with Crippen molar-refractivity contribution in [1.29, 1.82) is 0 Å². The van der Waals surface area contributed by atoms with E-state index in [1.54, 1.807) is 18.3 Å². The number of benzene rings is 2. The molecule has 0 saturated carbocycles. The zero-order valence-electron chi connectivity index (χ0n) is 15.8. The lowest BCUT2D eigenvalue weighted by Gasteiger charge is -2.13. The third-order valence-electron chi connectivity index (χ3n) is 4.50. The van der Waals surface area contributed by atoms with Crippen molar-refractivity contribution in [3.8, 4) is 5.69 Å². The molecule has 0 bridgehead atoms. The molecule has 8 heteroatoms. The minimum atomic E-state index is -0.708. The van der Waals surface area contributed by atoms with E-state index in [1.807, 2.05) is 42.8 Å². The minimum Gasteiger partial charge on any atom is -0.329 e. The van der Waals surface area contributed by atoms with Gasteiger partial charge in [0.1, 0.15) is 5.75 Å². The molecule has 1 aliphatic heterocycles. The van der Waals surface area contributed by atoms with Gasteiger partial charge < -0.3 is 4.84 Å². The van der Waals surface area contributed by atoms with Gasteiger partial charge in [0.05, 0.1) is 16.8 Å². The van der Waals surface area contributed by atoms with Crippen LogP contribution in [-0.2, 0) is 9.63 Å². The number of rotatable bonds is 5. The molecule has 0 fully saturated rings. The highest BCUT2D eigenvalue weighted by Gasteiger charge is 2.38. The monoisotopic (exact) mass is 407 g/mol. The summed E-state index contributed by atoms with van der Waals surface area (Å²) in [6.45, 7) is 4.01. The zero-order chi connectivity index (χ0) is 20.5. The lowest BCUT2D eigenvalue weighted by atomic mass is 10.1. The van der Waals surface area contributed by atoms with Gasteiger partial charge in [0, 0.05) is 12.4 Å². The molecule has 7 nitrogen and oxygen atoms in total. The molecule has 0 aliphatic carbocycles. The molecule has 0 radical (unpaired) electrons. The first-order valence-corrected chi connectivity index (χ1v) is 9.86. The molecule has 1 aromatic heterocycles. The summed E-state index contributed by atoms with van der Waals surface area (Å²) < 4.78 is 1.89. The molecule has 0 unspecified atom stereocenters. The average Bonchev–Trinajstić information content (AvgIpc) is 3.27. The second-order valence-corrected chi connectivity index (χ2v) is 7.51. The summed E-state index contributed by atoms with van der Waals surface area (Å²) in [6.07, 6.45) is 3.47. The van der Waals surface area contributed by atoms with Crippen molar-refractivity contribution in [2.45, 2.75) is 19.0 Å². The number of hydrogen-bond acceptors (Lipinski definition) is 6. The highest BCUT2D eigenvalue weighted by Crippen LogP contribution is 2.25. The first kappa shape index (κ1) is 18.9. The van der Waals surface area contributed by atoms with Gasteiger partial charge in [0.25, 0.3) is 11.8 Å². The third kappa shape index (κ3) is 3.54. The van der Waals surface area contributed by atoms with Gasteiger partial charge in [-0.2, -0.15) is 0 Å². The fourth-order valence-corrected chi connectivity index (χ4v) is 3.79. The molecule has 3 aromatic rings. The van der Waals surface area contributed by atoms with Gasteiger partial charge in [0.15, 0.2) is 5.16 Å². The van der Waals surface area contributed by atoms with E-state index in [0.717, 1.165) is 16.8 Å². The van der Waals surface area contributed by atoms with Gasteiger partial charge >= 0.3 is 5.97 Å². The lowest BCUT2D eigenvalue weighted by molar-refractivity contribution is -0.165. The van der Waals surface area contributed by atoms with E-state index < -0.39 is 17.8 Å². The quantitative estimate of drug-likeness (QED) is 0.477. The Balaban J connectivity index is 1.44. The molecule has 1 aliphatic rings. The van der Waals surface area contributed by atoms with E-state index in [2.05, 4.69) is 4.98 Å². The largest absolute Gasteiger partial charge is 0.343 e. The molecular weight excluding hydrogens is 390 g/mol. The number of fused-ring (bicyclic) bond motifs is 1. The van der Waals surface area contributed by atoms with E-state index in [4.69, 9.17) is 4.84 Å². The lowest BCUT2D eigenvalue weighted by Crippen LogP contribution is -2.33. The van der Waals surface area contributed by atoms with E-state index in [-0.39, 0.29) is 16.9 Å². The summed E-state index contributed by atoms with van der Waals surface area (Å²) in [7, 11) is 0. The molecule has 0 N–H and O–H groups in total. The Kier molecular flexibility index (Phi) is 4.94. The summed E-state index contributed by atoms with van der Waals surface area (Å²) in [4.78, 5) is 46.2. The van der Waals surface area contributed by atoms with Crippen LogP contribution in [0.4, 0.5) is 0 Å². The van der Waals surface area contributed by atoms with Gasteiger partial charge in [0.2, 0.25) is 0 Å². The van der Waals surface area contributed by atoms with Crippen LogP contribution in [0.15, 0.2) is 60.0 Å². The van der Waals surface area contributed by atoms with Crippen LogP contribution in [0.5, 0.6) is 0 Å². The number of aryl methyl sites for hydroxylation is 2. The van der Waals surface area contributed by atoms with Gasteiger partial charge in [-0.3, -0.25) is 14.2 Å². The van der Waals surface area contributed by atoms with Crippen LogP contribution in [0.2, 0.25) is 0 Å². The molecule has 2 heterocycles. The molecule has 4 rings (SSSR count). The minimum absolute atomic E-state index is 0.102. The Labute approximate surface area is 171 Å². The topological polar surface area (TPSA) is 81.5 Å². The Morgan fingerprint density at radius 2 is 1.76 bits per heavy atom. The van der Waals surface area contributed by atoms with E-state index >= 15 is 0 Å². The summed E-state index contributed by atoms with van der Waals surface area (Å²) in [5.74, 6) is -2.09. The molecule has 146 valence electrons. The van der Waals surface area contributed by atoms with E-state index in [0.29, 0.717) is 10.2 Å². The number of hydroxylamine groups is 2. The number of thioether (sulfide) groups is 1. The molecular formula is C21H17N3O4S. The standard InChI is InChI=1S/C21H17N3O4S/c1-13-7-8-14(2)17(11-13)23-10-9-22-21(23)29-12-18(25)28-24-19(26)15-5-3-4-6-16(15)20(24)27/h3-11H,12H2,1-2H3. The van der Waals surface area contributed by atoms with E-state index in [9.17, 15) is 14.4 Å². The number of aromatic nitrogens is 2. The molecule has 2 aromatic carbocycles. The molecule has 0 saturated heterocycles. The molecule has 0 atom stereocenters. The van der Waals surface area contributed by atoms with Crippen molar-refractivity contribution in [2.75, 3.05) is 5.75 Å². The zero-order valence-corrected chi connectivity index (χ0v) is 16.6. The maximum atomic E-state index is 12.3. The number of carbonyl (C=O) groups excluding carboxylic acids is 3. The predicted octanol–water partition coefficient (Wildman–Crippen LogP) is 3.34. The van der Waals surface area contributed by atoms with Crippen molar-refractivity contribution in [3.63, 3.8) is 0 Å². The number of hydrogen-bond donors (Lipinski definition) is 0. The maximum Gasteiger partial charge on any atom is 0.343 e. The first-order chi connectivity index (χ1) is 14.0. The summed E-state index contributed by atoms with van der Waals surface area (Å²) >= 11 is 1.17. The van der Waals surface area contributed by atoms with Gasteiger partial charge in [-0.15, -0.1) is 0 Å². The SMILES string of the molecule is Cc1ccc(C)c(-n2ccnc2SCC(=O)ON2C(=O)c3ccccc3C2=O)c1. The number of amides is 2. The van der Waals surface area contributed by atoms with Crippen molar-refractivity contribution < 1.29 is 19.2 Å². The first-order valence-electron chi connectivity index (χ1n) is 8.88. The van der Waals surface area contributed by atoms with Crippen LogP contribution in [0, 0.1) is 13.8 Å². The van der Waals surface area contributed by atoms with Crippen LogP contribution < -0.4 is 0 Å². The molecule has 29 heavy (non-hydrogen) atoms. The Morgan fingerprint density at radius 1 is 1.07 bits per heavy atom. The van der Waals surface area contributed by atoms with Crippen LogP contribution in [0.3, 0.4) is 0 Å². The second-order valence-electron chi connectivity index (χ2n) is 6.57. The number of carbonyl (C=O) groups is 3. The maximum absolute atomic E-state index is 12.3. The van der Waals surface area contributed by atoms with Crippen LogP contribution in [-0.4, -0.2) is 38.2 Å². The number of imide groups is 1. The van der Waals surface area contributed by atoms with Crippen molar-refractivity contribution in [2.24, 2.45) is 0 Å². The van der Waals surface area contributed by atoms with Gasteiger partial charge in [-0.1, -0.05) is 41.1 Å².